The Morgan fingerprint density at radius 1 is 1.29 bits per heavy atom. The predicted octanol–water partition coefficient (Wildman–Crippen LogP) is 1.39. The number of carbonyl (C=O) groups excluding carboxylic acids is 3. The van der Waals surface area contributed by atoms with E-state index in [0.29, 0.717) is 5.69 Å². The van der Waals surface area contributed by atoms with Crippen LogP contribution in [0.4, 0.5) is 5.69 Å². The van der Waals surface area contributed by atoms with E-state index in [1.165, 1.54) is 18.2 Å². The number of ether oxygens (including phenoxy) is 1. The van der Waals surface area contributed by atoms with Crippen LogP contribution in [0.25, 0.3) is 0 Å². The third kappa shape index (κ3) is 2.04. The summed E-state index contributed by atoms with van der Waals surface area (Å²) < 4.78 is 5.00. The van der Waals surface area contributed by atoms with Crippen LogP contribution in [-0.4, -0.2) is 23.8 Å². The Morgan fingerprint density at radius 3 is 2.65 bits per heavy atom. The Balaban J connectivity index is 2.32. The maximum atomic E-state index is 11.6. The van der Waals surface area contributed by atoms with E-state index in [-0.39, 0.29) is 17.2 Å². The number of hydrogen-bond donors (Lipinski definition) is 1. The molecule has 5 heteroatoms. The van der Waals surface area contributed by atoms with E-state index in [0.717, 1.165) is 0 Å². The number of rotatable bonds is 2. The Bertz CT molecular complexity index is 519. The van der Waals surface area contributed by atoms with Crippen LogP contribution in [-0.2, 0) is 9.53 Å². The molecule has 2 rings (SSSR count). The lowest BCUT2D eigenvalue weighted by atomic mass is 10.1. The zero-order valence-electron chi connectivity index (χ0n) is 9.44. The van der Waals surface area contributed by atoms with Crippen LogP contribution >= 0.6 is 0 Å². The standard InChI is InChI=1S/C12H11NO4/c1-6(2)17-12(16)7-3-4-9-8(5-7)10(14)11(15)13-9/h3-6H,1-2H3,(H,13,14,15). The van der Waals surface area contributed by atoms with Gasteiger partial charge in [-0.25, -0.2) is 4.79 Å². The van der Waals surface area contributed by atoms with Crippen molar-refractivity contribution in [3.8, 4) is 0 Å². The Morgan fingerprint density at radius 2 is 2.00 bits per heavy atom. The minimum atomic E-state index is -0.672. The van der Waals surface area contributed by atoms with Crippen LogP contribution in [0.15, 0.2) is 18.2 Å². The zero-order chi connectivity index (χ0) is 12.6. The number of amides is 1. The summed E-state index contributed by atoms with van der Waals surface area (Å²) in [6, 6.07) is 4.41. The van der Waals surface area contributed by atoms with Crippen molar-refractivity contribution in [3.63, 3.8) is 0 Å². The van der Waals surface area contributed by atoms with Gasteiger partial charge in [-0.15, -0.1) is 0 Å². The molecule has 0 unspecified atom stereocenters. The van der Waals surface area contributed by atoms with Crippen molar-refractivity contribution in [1.29, 1.82) is 0 Å². The number of carbonyl (C=O) groups is 3. The lowest BCUT2D eigenvalue weighted by Crippen LogP contribution is -2.13. The molecular weight excluding hydrogens is 222 g/mol. The van der Waals surface area contributed by atoms with Crippen LogP contribution < -0.4 is 5.32 Å². The van der Waals surface area contributed by atoms with Crippen molar-refractivity contribution in [3.05, 3.63) is 29.3 Å². The molecule has 0 atom stereocenters. The Labute approximate surface area is 97.8 Å². The van der Waals surface area contributed by atoms with Gasteiger partial charge in [0, 0.05) is 0 Å². The fraction of sp³-hybridized carbons (Fsp3) is 0.250. The molecule has 0 spiro atoms. The molecule has 0 radical (unpaired) electrons. The van der Waals surface area contributed by atoms with Gasteiger partial charge in [-0.3, -0.25) is 9.59 Å². The number of benzene rings is 1. The van der Waals surface area contributed by atoms with E-state index in [4.69, 9.17) is 4.74 Å². The fourth-order valence-electron chi connectivity index (χ4n) is 1.55. The first kappa shape index (κ1) is 11.3. The number of esters is 1. The van der Waals surface area contributed by atoms with Crippen molar-refractivity contribution < 1.29 is 19.1 Å². The number of fused-ring (bicyclic) bond motifs is 1. The molecule has 0 saturated carbocycles. The molecule has 1 heterocycles. The summed E-state index contributed by atoms with van der Waals surface area (Å²) in [4.78, 5) is 34.1. The summed E-state index contributed by atoms with van der Waals surface area (Å²) in [7, 11) is 0. The monoisotopic (exact) mass is 233 g/mol. The maximum absolute atomic E-state index is 11.6. The number of Topliss-reactive ketones (excluding diaryl/α,β-unsaturated/α-hetero) is 1. The molecule has 0 fully saturated rings. The van der Waals surface area contributed by atoms with Gasteiger partial charge < -0.3 is 10.1 Å². The Hall–Kier alpha value is -2.17. The molecule has 1 aliphatic heterocycles. The number of anilines is 1. The highest BCUT2D eigenvalue weighted by Gasteiger charge is 2.28. The topological polar surface area (TPSA) is 72.5 Å². The average Bonchev–Trinajstić information content (AvgIpc) is 2.54. The highest BCUT2D eigenvalue weighted by molar-refractivity contribution is 6.51. The lowest BCUT2D eigenvalue weighted by Gasteiger charge is -2.08. The van der Waals surface area contributed by atoms with E-state index in [9.17, 15) is 14.4 Å². The molecule has 0 saturated heterocycles. The van der Waals surface area contributed by atoms with Gasteiger partial charge in [-0.1, -0.05) is 0 Å². The average molecular weight is 233 g/mol. The second kappa shape index (κ2) is 4.01. The number of hydrogen-bond acceptors (Lipinski definition) is 4. The maximum Gasteiger partial charge on any atom is 0.338 e. The van der Waals surface area contributed by atoms with Crippen LogP contribution in [0.2, 0.25) is 0 Å². The highest BCUT2D eigenvalue weighted by Crippen LogP contribution is 2.24. The van der Waals surface area contributed by atoms with Gasteiger partial charge in [-0.2, -0.15) is 0 Å². The van der Waals surface area contributed by atoms with Crippen LogP contribution in [0.3, 0.4) is 0 Å². The van der Waals surface area contributed by atoms with Crippen molar-refractivity contribution in [2.75, 3.05) is 5.32 Å². The van der Waals surface area contributed by atoms with E-state index >= 15 is 0 Å². The largest absolute Gasteiger partial charge is 0.459 e. The van der Waals surface area contributed by atoms with Gasteiger partial charge in [0.25, 0.3) is 11.7 Å². The fourth-order valence-corrected chi connectivity index (χ4v) is 1.55. The molecule has 0 bridgehead atoms. The number of ketones is 1. The summed E-state index contributed by atoms with van der Waals surface area (Å²) in [5.74, 6) is -1.80. The van der Waals surface area contributed by atoms with Gasteiger partial charge in [0.05, 0.1) is 22.9 Å². The molecule has 5 nitrogen and oxygen atoms in total. The van der Waals surface area contributed by atoms with E-state index in [1.54, 1.807) is 13.8 Å². The van der Waals surface area contributed by atoms with Crippen LogP contribution in [0.5, 0.6) is 0 Å². The summed E-state index contributed by atoms with van der Waals surface area (Å²) in [6.07, 6.45) is -0.230. The van der Waals surface area contributed by atoms with Gasteiger partial charge in [0.2, 0.25) is 0 Å². The predicted molar refractivity (Wildman–Crippen MR) is 60.0 cm³/mol. The second-order valence-corrected chi connectivity index (χ2v) is 4.00. The third-order valence-corrected chi connectivity index (χ3v) is 2.30. The molecule has 1 aromatic carbocycles. The highest BCUT2D eigenvalue weighted by atomic mass is 16.5. The molecular formula is C12H11NO4. The van der Waals surface area contributed by atoms with Crippen molar-refractivity contribution >= 4 is 23.3 Å². The summed E-state index contributed by atoms with van der Waals surface area (Å²) in [5, 5.41) is 2.41. The summed E-state index contributed by atoms with van der Waals surface area (Å²) in [6.45, 7) is 3.48. The smallest absolute Gasteiger partial charge is 0.338 e. The molecule has 88 valence electrons. The van der Waals surface area contributed by atoms with E-state index in [1.807, 2.05) is 0 Å². The normalized spacial score (nSPS) is 13.6. The first-order chi connectivity index (χ1) is 7.99. The Kier molecular flexibility index (Phi) is 2.67. The van der Waals surface area contributed by atoms with Crippen molar-refractivity contribution in [2.45, 2.75) is 20.0 Å². The van der Waals surface area contributed by atoms with Crippen molar-refractivity contribution in [1.82, 2.24) is 0 Å². The van der Waals surface area contributed by atoms with Gasteiger partial charge in [-0.05, 0) is 32.0 Å². The molecule has 0 aliphatic carbocycles. The summed E-state index contributed by atoms with van der Waals surface area (Å²) >= 11 is 0. The SMILES string of the molecule is CC(C)OC(=O)c1ccc2c(c1)C(=O)C(=O)N2. The zero-order valence-corrected chi connectivity index (χ0v) is 9.44. The molecule has 0 aromatic heterocycles. The van der Waals surface area contributed by atoms with E-state index < -0.39 is 17.7 Å². The second-order valence-electron chi connectivity index (χ2n) is 4.00. The minimum absolute atomic E-state index is 0.216. The van der Waals surface area contributed by atoms with Crippen LogP contribution in [0.1, 0.15) is 34.6 Å². The first-order valence-electron chi connectivity index (χ1n) is 5.19. The molecule has 1 amide bonds. The van der Waals surface area contributed by atoms with Gasteiger partial charge in [0.1, 0.15) is 0 Å². The third-order valence-electron chi connectivity index (χ3n) is 2.30. The molecule has 1 aliphatic rings. The van der Waals surface area contributed by atoms with Crippen molar-refractivity contribution in [2.24, 2.45) is 0 Å². The lowest BCUT2D eigenvalue weighted by molar-refractivity contribution is -0.112. The number of nitrogens with one attached hydrogen (secondary N) is 1. The minimum Gasteiger partial charge on any atom is -0.459 e. The molecule has 17 heavy (non-hydrogen) atoms. The van der Waals surface area contributed by atoms with Gasteiger partial charge in [0.15, 0.2) is 0 Å². The quantitative estimate of drug-likeness (QED) is 0.618. The van der Waals surface area contributed by atoms with Crippen LogP contribution in [0, 0.1) is 0 Å². The van der Waals surface area contributed by atoms with Gasteiger partial charge >= 0.3 is 5.97 Å². The molecule has 1 aromatic rings. The van der Waals surface area contributed by atoms with E-state index in [2.05, 4.69) is 5.32 Å². The molecule has 1 N–H and O–H groups in total. The first-order valence-corrected chi connectivity index (χ1v) is 5.19. The summed E-state index contributed by atoms with van der Waals surface area (Å²) in [5.41, 5.74) is 0.914.